The van der Waals surface area contributed by atoms with Crippen LogP contribution in [-0.4, -0.2) is 56.9 Å². The highest BCUT2D eigenvalue weighted by molar-refractivity contribution is 7.89. The van der Waals surface area contributed by atoms with Gasteiger partial charge in [-0.2, -0.15) is 4.31 Å². The molecule has 1 aliphatic rings. The molecule has 1 saturated heterocycles. The number of hydrogen-bond donors (Lipinski definition) is 0. The molecule has 9 heteroatoms. The number of carbonyl (C=O) groups excluding carboxylic acids is 1. The molecule has 0 N–H and O–H groups in total. The Morgan fingerprint density at radius 1 is 1.31 bits per heavy atom. The number of carbonyl (C=O) groups is 1. The fraction of sp³-hybridized carbons (Fsp3) is 0.353. The van der Waals surface area contributed by atoms with E-state index in [4.69, 9.17) is 4.74 Å². The summed E-state index contributed by atoms with van der Waals surface area (Å²) >= 11 is 1.52. The number of benzene rings is 1. The first-order valence-corrected chi connectivity index (χ1v) is 10.4. The molecule has 1 aliphatic heterocycles. The summed E-state index contributed by atoms with van der Waals surface area (Å²) < 4.78 is 46.0. The van der Waals surface area contributed by atoms with E-state index in [0.29, 0.717) is 6.54 Å². The lowest BCUT2D eigenvalue weighted by Gasteiger charge is -2.26. The van der Waals surface area contributed by atoms with Gasteiger partial charge in [-0.3, -0.25) is 4.79 Å². The molecular formula is C17H19FN2O4S2. The molecule has 0 atom stereocenters. The van der Waals surface area contributed by atoms with Gasteiger partial charge in [-0.1, -0.05) is 6.07 Å². The minimum absolute atomic E-state index is 0.136. The number of sulfonamides is 1. The SMILES string of the molecule is CN(Cc1cccs1)C(=O)c1ccc(F)c(S(=O)(=O)N2CCOCC2)c1. The van der Waals surface area contributed by atoms with E-state index in [-0.39, 0.29) is 37.8 Å². The van der Waals surface area contributed by atoms with E-state index >= 15 is 0 Å². The second-order valence-electron chi connectivity index (χ2n) is 5.90. The fourth-order valence-electron chi connectivity index (χ4n) is 2.69. The molecular weight excluding hydrogens is 379 g/mol. The maximum absolute atomic E-state index is 14.2. The molecule has 1 fully saturated rings. The quantitative estimate of drug-likeness (QED) is 0.774. The van der Waals surface area contributed by atoms with E-state index < -0.39 is 20.7 Å². The van der Waals surface area contributed by atoms with Crippen LogP contribution in [0.5, 0.6) is 0 Å². The second-order valence-corrected chi connectivity index (χ2v) is 8.84. The molecule has 0 radical (unpaired) electrons. The van der Waals surface area contributed by atoms with Crippen LogP contribution in [0.3, 0.4) is 0 Å². The average molecular weight is 398 g/mol. The van der Waals surface area contributed by atoms with Crippen LogP contribution in [-0.2, 0) is 21.3 Å². The number of rotatable bonds is 5. The molecule has 2 heterocycles. The zero-order valence-corrected chi connectivity index (χ0v) is 15.9. The molecule has 140 valence electrons. The van der Waals surface area contributed by atoms with Crippen LogP contribution in [0.4, 0.5) is 4.39 Å². The summed E-state index contributed by atoms with van der Waals surface area (Å²) in [5, 5.41) is 1.92. The van der Waals surface area contributed by atoms with Gasteiger partial charge in [-0.05, 0) is 29.6 Å². The van der Waals surface area contributed by atoms with Gasteiger partial charge in [0.25, 0.3) is 5.91 Å². The highest BCUT2D eigenvalue weighted by Gasteiger charge is 2.30. The summed E-state index contributed by atoms with van der Waals surface area (Å²) in [5.74, 6) is -1.23. The van der Waals surface area contributed by atoms with Crippen LogP contribution >= 0.6 is 11.3 Å². The molecule has 0 spiro atoms. The summed E-state index contributed by atoms with van der Waals surface area (Å²) in [4.78, 5) is 14.6. The molecule has 0 saturated carbocycles. The van der Waals surface area contributed by atoms with Crippen LogP contribution in [0, 0.1) is 5.82 Å². The van der Waals surface area contributed by atoms with Crippen molar-refractivity contribution >= 4 is 27.3 Å². The second kappa shape index (κ2) is 7.83. The number of amides is 1. The summed E-state index contributed by atoms with van der Waals surface area (Å²) in [6.45, 7) is 1.27. The summed E-state index contributed by atoms with van der Waals surface area (Å²) in [7, 11) is -2.39. The standard InChI is InChI=1S/C17H19FN2O4S2/c1-19(12-14-3-2-10-25-14)17(21)13-4-5-15(18)16(11-13)26(22,23)20-6-8-24-9-7-20/h2-5,10-11H,6-9,12H2,1H3. The van der Waals surface area contributed by atoms with Crippen molar-refractivity contribution in [1.29, 1.82) is 0 Å². The first-order chi connectivity index (χ1) is 12.4. The average Bonchev–Trinajstić information content (AvgIpc) is 3.15. The first kappa shape index (κ1) is 19.0. The van der Waals surface area contributed by atoms with Crippen LogP contribution in [0.25, 0.3) is 0 Å². The van der Waals surface area contributed by atoms with E-state index in [1.54, 1.807) is 7.05 Å². The molecule has 6 nitrogen and oxygen atoms in total. The molecule has 0 unspecified atom stereocenters. The van der Waals surface area contributed by atoms with Crippen molar-refractivity contribution in [1.82, 2.24) is 9.21 Å². The summed E-state index contributed by atoms with van der Waals surface area (Å²) in [6, 6.07) is 7.25. The Kier molecular flexibility index (Phi) is 5.71. The monoisotopic (exact) mass is 398 g/mol. The molecule has 0 aliphatic carbocycles. The van der Waals surface area contributed by atoms with E-state index in [1.165, 1.54) is 26.6 Å². The van der Waals surface area contributed by atoms with Gasteiger partial charge in [-0.25, -0.2) is 12.8 Å². The number of ether oxygens (including phenoxy) is 1. The largest absolute Gasteiger partial charge is 0.379 e. The number of hydrogen-bond acceptors (Lipinski definition) is 5. The van der Waals surface area contributed by atoms with Crippen molar-refractivity contribution in [3.05, 3.63) is 52.0 Å². The van der Waals surface area contributed by atoms with Crippen molar-refractivity contribution in [2.45, 2.75) is 11.4 Å². The Bertz CT molecular complexity index is 878. The van der Waals surface area contributed by atoms with Gasteiger partial charge in [0.2, 0.25) is 10.0 Å². The van der Waals surface area contributed by atoms with E-state index in [9.17, 15) is 17.6 Å². The molecule has 1 amide bonds. The fourth-order valence-corrected chi connectivity index (χ4v) is 4.94. The third-order valence-electron chi connectivity index (χ3n) is 4.09. The van der Waals surface area contributed by atoms with Crippen molar-refractivity contribution in [2.24, 2.45) is 0 Å². The lowest BCUT2D eigenvalue weighted by molar-refractivity contribution is 0.0729. The molecule has 2 aromatic rings. The summed E-state index contributed by atoms with van der Waals surface area (Å²) in [6.07, 6.45) is 0. The molecule has 0 bridgehead atoms. The smallest absolute Gasteiger partial charge is 0.253 e. The lowest BCUT2D eigenvalue weighted by Crippen LogP contribution is -2.41. The number of halogens is 1. The third kappa shape index (κ3) is 3.96. The molecule has 3 rings (SSSR count). The molecule has 26 heavy (non-hydrogen) atoms. The van der Waals surface area contributed by atoms with Crippen molar-refractivity contribution in [3.63, 3.8) is 0 Å². The highest BCUT2D eigenvalue weighted by atomic mass is 32.2. The maximum atomic E-state index is 14.2. The zero-order valence-electron chi connectivity index (χ0n) is 14.2. The van der Waals surface area contributed by atoms with E-state index in [0.717, 1.165) is 17.0 Å². The number of thiophene rings is 1. The summed E-state index contributed by atoms with van der Waals surface area (Å²) in [5.41, 5.74) is 0.136. The van der Waals surface area contributed by atoms with E-state index in [1.807, 2.05) is 17.5 Å². The lowest BCUT2D eigenvalue weighted by atomic mass is 10.2. The van der Waals surface area contributed by atoms with Gasteiger partial charge < -0.3 is 9.64 Å². The zero-order chi connectivity index (χ0) is 18.7. The van der Waals surface area contributed by atoms with Crippen LogP contribution in [0.2, 0.25) is 0 Å². The van der Waals surface area contributed by atoms with Crippen LogP contribution in [0.1, 0.15) is 15.2 Å². The predicted molar refractivity (Wildman–Crippen MR) is 96.1 cm³/mol. The minimum atomic E-state index is -4.01. The van der Waals surface area contributed by atoms with Crippen LogP contribution in [0.15, 0.2) is 40.6 Å². The van der Waals surface area contributed by atoms with Gasteiger partial charge in [0, 0.05) is 30.6 Å². The maximum Gasteiger partial charge on any atom is 0.253 e. The Labute approximate surface area is 155 Å². The predicted octanol–water partition coefficient (Wildman–Crippen LogP) is 2.18. The highest BCUT2D eigenvalue weighted by Crippen LogP contribution is 2.23. The Balaban J connectivity index is 1.86. The first-order valence-electron chi connectivity index (χ1n) is 8.05. The normalized spacial score (nSPS) is 15.8. The molecule has 1 aromatic carbocycles. The van der Waals surface area contributed by atoms with Crippen LogP contribution < -0.4 is 0 Å². The van der Waals surface area contributed by atoms with Crippen molar-refractivity contribution < 1.29 is 22.3 Å². The van der Waals surface area contributed by atoms with Gasteiger partial charge in [-0.15, -0.1) is 11.3 Å². The topological polar surface area (TPSA) is 66.9 Å². The third-order valence-corrected chi connectivity index (χ3v) is 6.86. The Hall–Kier alpha value is -1.81. The van der Waals surface area contributed by atoms with Crippen molar-refractivity contribution in [3.8, 4) is 0 Å². The Morgan fingerprint density at radius 2 is 2.04 bits per heavy atom. The molecule has 1 aromatic heterocycles. The number of morpholine rings is 1. The van der Waals surface area contributed by atoms with Gasteiger partial charge in [0.05, 0.1) is 19.8 Å². The number of nitrogens with zero attached hydrogens (tertiary/aromatic N) is 2. The van der Waals surface area contributed by atoms with Gasteiger partial charge in [0.1, 0.15) is 10.7 Å². The van der Waals surface area contributed by atoms with E-state index in [2.05, 4.69) is 0 Å². The van der Waals surface area contributed by atoms with Gasteiger partial charge >= 0.3 is 0 Å². The Morgan fingerprint density at radius 3 is 2.69 bits per heavy atom. The minimum Gasteiger partial charge on any atom is -0.379 e. The van der Waals surface area contributed by atoms with Gasteiger partial charge in [0.15, 0.2) is 0 Å². The van der Waals surface area contributed by atoms with Crippen molar-refractivity contribution in [2.75, 3.05) is 33.4 Å².